The van der Waals surface area contributed by atoms with E-state index >= 15 is 0 Å². The molecular formula is C21H20N2O3S. The predicted molar refractivity (Wildman–Crippen MR) is 107 cm³/mol. The first-order chi connectivity index (χ1) is 13.0. The molecule has 0 atom stereocenters. The van der Waals surface area contributed by atoms with Gasteiger partial charge in [-0.05, 0) is 31.9 Å². The van der Waals surface area contributed by atoms with Crippen LogP contribution >= 0.6 is 11.3 Å². The Hall–Kier alpha value is -2.99. The molecule has 5 nitrogen and oxygen atoms in total. The number of rotatable bonds is 5. The number of aromatic nitrogens is 1. The smallest absolute Gasteiger partial charge is 0.350 e. The van der Waals surface area contributed by atoms with Crippen LogP contribution in [0.4, 0.5) is 5.69 Å². The molecule has 0 saturated heterocycles. The van der Waals surface area contributed by atoms with Gasteiger partial charge in [0.25, 0.3) is 5.91 Å². The first-order valence-electron chi connectivity index (χ1n) is 8.51. The topological polar surface area (TPSA) is 68.3 Å². The molecule has 0 aliphatic heterocycles. The van der Waals surface area contributed by atoms with Crippen molar-refractivity contribution < 1.29 is 14.3 Å². The SMILES string of the molecule is Cc1cccc(C)c1NC(=O)COC(=O)c1sc(-c2ccccc2)nc1C. The molecular weight excluding hydrogens is 360 g/mol. The first-order valence-corrected chi connectivity index (χ1v) is 9.33. The Balaban J connectivity index is 1.64. The van der Waals surface area contributed by atoms with E-state index in [1.807, 2.05) is 62.4 Å². The summed E-state index contributed by atoms with van der Waals surface area (Å²) in [5.74, 6) is -0.907. The number of thiazole rings is 1. The van der Waals surface area contributed by atoms with Crippen LogP contribution in [0.15, 0.2) is 48.5 Å². The maximum Gasteiger partial charge on any atom is 0.350 e. The highest BCUT2D eigenvalue weighted by Crippen LogP contribution is 2.28. The van der Waals surface area contributed by atoms with Gasteiger partial charge in [-0.1, -0.05) is 48.5 Å². The van der Waals surface area contributed by atoms with Gasteiger partial charge in [0.1, 0.15) is 9.88 Å². The summed E-state index contributed by atoms with van der Waals surface area (Å²) < 4.78 is 5.19. The van der Waals surface area contributed by atoms with Gasteiger partial charge in [-0.2, -0.15) is 0 Å². The zero-order chi connectivity index (χ0) is 19.4. The van der Waals surface area contributed by atoms with Gasteiger partial charge in [0.2, 0.25) is 0 Å². The first kappa shape index (κ1) is 18.8. The number of aryl methyl sites for hydroxylation is 3. The van der Waals surface area contributed by atoms with Crippen molar-refractivity contribution in [3.63, 3.8) is 0 Å². The molecule has 0 unspecified atom stereocenters. The van der Waals surface area contributed by atoms with Crippen LogP contribution in [0.2, 0.25) is 0 Å². The Morgan fingerprint density at radius 1 is 1.00 bits per heavy atom. The van der Waals surface area contributed by atoms with Crippen LogP contribution in [0.3, 0.4) is 0 Å². The fourth-order valence-electron chi connectivity index (χ4n) is 2.67. The van der Waals surface area contributed by atoms with Crippen LogP contribution in [-0.4, -0.2) is 23.5 Å². The van der Waals surface area contributed by atoms with Crippen molar-refractivity contribution >= 4 is 28.9 Å². The molecule has 0 aliphatic rings. The molecule has 1 heterocycles. The normalized spacial score (nSPS) is 10.5. The molecule has 27 heavy (non-hydrogen) atoms. The molecule has 0 saturated carbocycles. The lowest BCUT2D eigenvalue weighted by molar-refractivity contribution is -0.119. The molecule has 0 aliphatic carbocycles. The molecule has 1 amide bonds. The molecule has 0 bridgehead atoms. The summed E-state index contributed by atoms with van der Waals surface area (Å²) in [6, 6.07) is 15.4. The molecule has 138 valence electrons. The van der Waals surface area contributed by atoms with E-state index in [-0.39, 0.29) is 12.5 Å². The minimum absolute atomic E-state index is 0.343. The lowest BCUT2D eigenvalue weighted by Crippen LogP contribution is -2.21. The van der Waals surface area contributed by atoms with Gasteiger partial charge in [-0.25, -0.2) is 9.78 Å². The van der Waals surface area contributed by atoms with E-state index in [9.17, 15) is 9.59 Å². The Morgan fingerprint density at radius 3 is 2.33 bits per heavy atom. The van der Waals surface area contributed by atoms with Crippen molar-refractivity contribution in [2.45, 2.75) is 20.8 Å². The van der Waals surface area contributed by atoms with Crippen molar-refractivity contribution in [1.29, 1.82) is 0 Å². The maximum atomic E-state index is 12.4. The lowest BCUT2D eigenvalue weighted by Gasteiger charge is -2.11. The Kier molecular flexibility index (Phi) is 5.66. The van der Waals surface area contributed by atoms with Crippen molar-refractivity contribution in [2.24, 2.45) is 0 Å². The summed E-state index contributed by atoms with van der Waals surface area (Å²) in [6.07, 6.45) is 0. The third kappa shape index (κ3) is 4.41. The molecule has 0 spiro atoms. The standard InChI is InChI=1S/C21H20N2O3S/c1-13-8-7-9-14(2)18(13)23-17(24)12-26-21(25)19-15(3)22-20(27-19)16-10-5-4-6-11-16/h4-11H,12H2,1-3H3,(H,23,24). The molecule has 3 rings (SSSR count). The summed E-state index contributed by atoms with van der Waals surface area (Å²) in [5, 5.41) is 3.55. The van der Waals surface area contributed by atoms with E-state index in [0.717, 1.165) is 27.4 Å². The minimum atomic E-state index is -0.538. The summed E-state index contributed by atoms with van der Waals surface area (Å²) in [5.41, 5.74) is 4.20. The Morgan fingerprint density at radius 2 is 1.67 bits per heavy atom. The monoisotopic (exact) mass is 380 g/mol. The number of nitrogens with zero attached hydrogens (tertiary/aromatic N) is 1. The number of amides is 1. The van der Waals surface area contributed by atoms with Crippen molar-refractivity contribution in [2.75, 3.05) is 11.9 Å². The molecule has 3 aromatic rings. The van der Waals surface area contributed by atoms with Gasteiger partial charge < -0.3 is 10.1 Å². The highest BCUT2D eigenvalue weighted by Gasteiger charge is 2.19. The highest BCUT2D eigenvalue weighted by atomic mass is 32.1. The second kappa shape index (κ2) is 8.14. The van der Waals surface area contributed by atoms with Gasteiger partial charge in [0, 0.05) is 11.3 Å². The summed E-state index contributed by atoms with van der Waals surface area (Å²) >= 11 is 1.26. The minimum Gasteiger partial charge on any atom is -0.451 e. The number of nitrogens with one attached hydrogen (secondary N) is 1. The second-order valence-electron chi connectivity index (χ2n) is 6.19. The second-order valence-corrected chi connectivity index (χ2v) is 7.19. The number of carbonyl (C=O) groups is 2. The van der Waals surface area contributed by atoms with Crippen LogP contribution in [0.25, 0.3) is 10.6 Å². The van der Waals surface area contributed by atoms with E-state index in [0.29, 0.717) is 10.6 Å². The molecule has 0 radical (unpaired) electrons. The van der Waals surface area contributed by atoms with Gasteiger partial charge >= 0.3 is 5.97 Å². The average molecular weight is 380 g/mol. The van der Waals surface area contributed by atoms with Gasteiger partial charge in [0.15, 0.2) is 6.61 Å². The number of anilines is 1. The van der Waals surface area contributed by atoms with E-state index in [4.69, 9.17) is 4.74 Å². The zero-order valence-corrected chi connectivity index (χ0v) is 16.2. The number of ether oxygens (including phenoxy) is 1. The largest absolute Gasteiger partial charge is 0.451 e. The number of carbonyl (C=O) groups excluding carboxylic acids is 2. The van der Waals surface area contributed by atoms with E-state index in [2.05, 4.69) is 10.3 Å². The van der Waals surface area contributed by atoms with Crippen LogP contribution in [0, 0.1) is 20.8 Å². The molecule has 0 fully saturated rings. The molecule has 2 aromatic carbocycles. The van der Waals surface area contributed by atoms with Gasteiger partial charge in [0.05, 0.1) is 5.69 Å². The number of hydrogen-bond acceptors (Lipinski definition) is 5. The van der Waals surface area contributed by atoms with Crippen LogP contribution in [0.5, 0.6) is 0 Å². The van der Waals surface area contributed by atoms with Crippen molar-refractivity contribution in [3.05, 3.63) is 70.2 Å². The van der Waals surface area contributed by atoms with Crippen LogP contribution in [-0.2, 0) is 9.53 Å². The van der Waals surface area contributed by atoms with Gasteiger partial charge in [-0.3, -0.25) is 4.79 Å². The van der Waals surface area contributed by atoms with Crippen LogP contribution in [0.1, 0.15) is 26.5 Å². The zero-order valence-electron chi connectivity index (χ0n) is 15.4. The van der Waals surface area contributed by atoms with E-state index in [1.165, 1.54) is 11.3 Å². The van der Waals surface area contributed by atoms with Gasteiger partial charge in [-0.15, -0.1) is 11.3 Å². The number of para-hydroxylation sites is 1. The summed E-state index contributed by atoms with van der Waals surface area (Å²) in [4.78, 5) is 29.4. The van der Waals surface area contributed by atoms with E-state index in [1.54, 1.807) is 6.92 Å². The Bertz CT molecular complexity index is 960. The number of esters is 1. The van der Waals surface area contributed by atoms with E-state index < -0.39 is 5.97 Å². The predicted octanol–water partition coefficient (Wildman–Crippen LogP) is 4.53. The van der Waals surface area contributed by atoms with Crippen molar-refractivity contribution in [1.82, 2.24) is 4.98 Å². The summed E-state index contributed by atoms with van der Waals surface area (Å²) in [6.45, 7) is 5.25. The average Bonchev–Trinajstić information content (AvgIpc) is 3.05. The fraction of sp³-hybridized carbons (Fsp3) is 0.190. The quantitative estimate of drug-likeness (QED) is 0.660. The third-order valence-corrected chi connectivity index (χ3v) is 5.27. The molecule has 6 heteroatoms. The molecule has 1 aromatic heterocycles. The number of benzene rings is 2. The number of hydrogen-bond donors (Lipinski definition) is 1. The lowest BCUT2D eigenvalue weighted by atomic mass is 10.1. The summed E-state index contributed by atoms with van der Waals surface area (Å²) in [7, 11) is 0. The third-order valence-electron chi connectivity index (χ3n) is 4.08. The highest BCUT2D eigenvalue weighted by molar-refractivity contribution is 7.17. The maximum absolute atomic E-state index is 12.4. The Labute approximate surface area is 162 Å². The van der Waals surface area contributed by atoms with Crippen molar-refractivity contribution in [3.8, 4) is 10.6 Å². The van der Waals surface area contributed by atoms with Crippen LogP contribution < -0.4 is 5.32 Å². The fourth-order valence-corrected chi connectivity index (χ4v) is 3.64. The molecule has 1 N–H and O–H groups in total.